The summed E-state index contributed by atoms with van der Waals surface area (Å²) < 4.78 is 4.94. The molecular weight excluding hydrogens is 190 g/mol. The molecule has 0 aromatic carbocycles. The van der Waals surface area contributed by atoms with Crippen LogP contribution in [0.25, 0.3) is 0 Å². The van der Waals surface area contributed by atoms with E-state index in [2.05, 4.69) is 10.9 Å². The van der Waals surface area contributed by atoms with Crippen LogP contribution in [0, 0.1) is 12.3 Å². The number of methoxy groups -OCH3 is 1. The third kappa shape index (κ3) is 4.01. The fraction of sp³-hybridized carbons (Fsp3) is 0.417. The minimum atomic E-state index is -0.392. The second kappa shape index (κ2) is 6.05. The van der Waals surface area contributed by atoms with Crippen LogP contribution in [0.3, 0.4) is 0 Å². The molecule has 1 heterocycles. The SMILES string of the molecule is C#CCCC(O)Cc1ccc(OC)nc1. The van der Waals surface area contributed by atoms with Crippen molar-refractivity contribution in [1.29, 1.82) is 0 Å². The van der Waals surface area contributed by atoms with Gasteiger partial charge in [-0.2, -0.15) is 0 Å². The Bertz CT molecular complexity index is 326. The molecule has 1 unspecified atom stereocenters. The number of ether oxygens (including phenoxy) is 1. The zero-order chi connectivity index (χ0) is 11.1. The van der Waals surface area contributed by atoms with Gasteiger partial charge in [-0.3, -0.25) is 0 Å². The first-order valence-corrected chi connectivity index (χ1v) is 4.86. The van der Waals surface area contributed by atoms with Crippen LogP contribution >= 0.6 is 0 Å². The predicted molar refractivity (Wildman–Crippen MR) is 58.6 cm³/mol. The highest BCUT2D eigenvalue weighted by Crippen LogP contribution is 2.10. The van der Waals surface area contributed by atoms with Gasteiger partial charge >= 0.3 is 0 Å². The summed E-state index contributed by atoms with van der Waals surface area (Å²) in [6.07, 6.45) is 8.24. The van der Waals surface area contributed by atoms with E-state index in [1.165, 1.54) is 0 Å². The summed E-state index contributed by atoms with van der Waals surface area (Å²) in [6.45, 7) is 0. The molecule has 1 aromatic heterocycles. The van der Waals surface area contributed by atoms with E-state index in [1.54, 1.807) is 19.4 Å². The first kappa shape index (κ1) is 11.5. The normalized spacial score (nSPS) is 11.8. The number of nitrogens with zero attached hydrogens (tertiary/aromatic N) is 1. The van der Waals surface area contributed by atoms with Crippen molar-refractivity contribution >= 4 is 0 Å². The van der Waals surface area contributed by atoms with Crippen molar-refractivity contribution in [3.63, 3.8) is 0 Å². The molecule has 1 rings (SSSR count). The number of pyridine rings is 1. The van der Waals surface area contributed by atoms with Gasteiger partial charge in [-0.25, -0.2) is 4.98 Å². The summed E-state index contributed by atoms with van der Waals surface area (Å²) in [7, 11) is 1.57. The summed E-state index contributed by atoms with van der Waals surface area (Å²) in [5, 5.41) is 9.61. The Hall–Kier alpha value is -1.53. The molecule has 0 aliphatic rings. The van der Waals surface area contributed by atoms with Crippen LogP contribution in [0.2, 0.25) is 0 Å². The van der Waals surface area contributed by atoms with Crippen molar-refractivity contribution in [3.05, 3.63) is 23.9 Å². The standard InChI is InChI=1S/C12H15NO2/c1-3-4-5-11(14)8-10-6-7-12(15-2)13-9-10/h1,6-7,9,11,14H,4-5,8H2,2H3. The van der Waals surface area contributed by atoms with Crippen LogP contribution in [-0.4, -0.2) is 23.3 Å². The summed E-state index contributed by atoms with van der Waals surface area (Å²) in [6, 6.07) is 3.67. The highest BCUT2D eigenvalue weighted by molar-refractivity contribution is 5.18. The van der Waals surface area contributed by atoms with Gasteiger partial charge in [0.1, 0.15) is 0 Å². The molecule has 1 N–H and O–H groups in total. The van der Waals surface area contributed by atoms with Crippen molar-refractivity contribution in [2.24, 2.45) is 0 Å². The summed E-state index contributed by atoms with van der Waals surface area (Å²) >= 11 is 0. The average molecular weight is 205 g/mol. The smallest absolute Gasteiger partial charge is 0.212 e. The zero-order valence-corrected chi connectivity index (χ0v) is 8.81. The monoisotopic (exact) mass is 205 g/mol. The topological polar surface area (TPSA) is 42.4 Å². The summed E-state index contributed by atoms with van der Waals surface area (Å²) in [4.78, 5) is 4.06. The van der Waals surface area contributed by atoms with Crippen molar-refractivity contribution in [2.75, 3.05) is 7.11 Å². The van der Waals surface area contributed by atoms with Gasteiger partial charge in [-0.15, -0.1) is 12.3 Å². The Labute approximate surface area is 90.1 Å². The highest BCUT2D eigenvalue weighted by Gasteiger charge is 2.05. The number of aromatic nitrogens is 1. The molecule has 0 aliphatic carbocycles. The number of terminal acetylenes is 1. The molecule has 0 saturated heterocycles. The van der Waals surface area contributed by atoms with E-state index >= 15 is 0 Å². The molecule has 1 atom stereocenters. The number of hydrogen-bond acceptors (Lipinski definition) is 3. The van der Waals surface area contributed by atoms with E-state index in [4.69, 9.17) is 11.2 Å². The van der Waals surface area contributed by atoms with Gasteiger partial charge in [0.15, 0.2) is 0 Å². The van der Waals surface area contributed by atoms with Crippen LogP contribution in [0.1, 0.15) is 18.4 Å². The lowest BCUT2D eigenvalue weighted by Gasteiger charge is -2.08. The highest BCUT2D eigenvalue weighted by atomic mass is 16.5. The van der Waals surface area contributed by atoms with Gasteiger partial charge in [0.05, 0.1) is 13.2 Å². The largest absolute Gasteiger partial charge is 0.481 e. The Balaban J connectivity index is 2.46. The Morgan fingerprint density at radius 2 is 2.40 bits per heavy atom. The van der Waals surface area contributed by atoms with E-state index in [0.717, 1.165) is 5.56 Å². The van der Waals surface area contributed by atoms with Crippen LogP contribution < -0.4 is 4.74 Å². The number of aliphatic hydroxyl groups is 1. The van der Waals surface area contributed by atoms with Crippen molar-refractivity contribution in [1.82, 2.24) is 4.98 Å². The molecule has 3 nitrogen and oxygen atoms in total. The molecule has 0 fully saturated rings. The quantitative estimate of drug-likeness (QED) is 0.739. The fourth-order valence-corrected chi connectivity index (χ4v) is 1.28. The summed E-state index contributed by atoms with van der Waals surface area (Å²) in [5.74, 6) is 3.09. The van der Waals surface area contributed by atoms with Gasteiger partial charge in [-0.05, 0) is 18.4 Å². The van der Waals surface area contributed by atoms with Gasteiger partial charge in [0.25, 0.3) is 0 Å². The van der Waals surface area contributed by atoms with E-state index in [1.807, 2.05) is 6.07 Å². The molecule has 0 radical (unpaired) electrons. The first-order chi connectivity index (χ1) is 7.26. The lowest BCUT2D eigenvalue weighted by Crippen LogP contribution is -2.10. The third-order valence-corrected chi connectivity index (χ3v) is 2.10. The second-order valence-corrected chi connectivity index (χ2v) is 3.31. The molecule has 0 bridgehead atoms. The van der Waals surface area contributed by atoms with Crippen LogP contribution in [0.5, 0.6) is 5.88 Å². The number of hydrogen-bond donors (Lipinski definition) is 1. The molecule has 15 heavy (non-hydrogen) atoms. The maximum Gasteiger partial charge on any atom is 0.212 e. The number of rotatable bonds is 5. The molecule has 0 spiro atoms. The lowest BCUT2D eigenvalue weighted by atomic mass is 10.1. The van der Waals surface area contributed by atoms with Crippen LogP contribution in [0.15, 0.2) is 18.3 Å². The summed E-state index contributed by atoms with van der Waals surface area (Å²) in [5.41, 5.74) is 0.986. The fourth-order valence-electron chi connectivity index (χ4n) is 1.28. The molecular formula is C12H15NO2. The van der Waals surface area contributed by atoms with E-state index < -0.39 is 6.10 Å². The molecule has 80 valence electrons. The average Bonchev–Trinajstić information content (AvgIpc) is 2.27. The van der Waals surface area contributed by atoms with E-state index in [-0.39, 0.29) is 0 Å². The van der Waals surface area contributed by atoms with Gasteiger partial charge < -0.3 is 9.84 Å². The molecule has 0 saturated carbocycles. The van der Waals surface area contributed by atoms with Crippen molar-refractivity contribution in [3.8, 4) is 18.2 Å². The molecule has 0 aliphatic heterocycles. The minimum absolute atomic E-state index is 0.392. The molecule has 0 amide bonds. The Morgan fingerprint density at radius 1 is 1.60 bits per heavy atom. The Morgan fingerprint density at radius 3 is 2.93 bits per heavy atom. The van der Waals surface area contributed by atoms with E-state index in [0.29, 0.717) is 25.1 Å². The van der Waals surface area contributed by atoms with Gasteiger partial charge in [-0.1, -0.05) is 6.07 Å². The maximum atomic E-state index is 9.61. The minimum Gasteiger partial charge on any atom is -0.481 e. The first-order valence-electron chi connectivity index (χ1n) is 4.86. The van der Waals surface area contributed by atoms with Crippen molar-refractivity contribution in [2.45, 2.75) is 25.4 Å². The van der Waals surface area contributed by atoms with Crippen molar-refractivity contribution < 1.29 is 9.84 Å². The van der Waals surface area contributed by atoms with E-state index in [9.17, 15) is 5.11 Å². The Kier molecular flexibility index (Phi) is 4.65. The predicted octanol–water partition coefficient (Wildman–Crippen LogP) is 1.41. The van der Waals surface area contributed by atoms with Gasteiger partial charge in [0.2, 0.25) is 5.88 Å². The number of aliphatic hydroxyl groups excluding tert-OH is 1. The second-order valence-electron chi connectivity index (χ2n) is 3.31. The van der Waals surface area contributed by atoms with Crippen LogP contribution in [-0.2, 0) is 6.42 Å². The lowest BCUT2D eigenvalue weighted by molar-refractivity contribution is 0.166. The molecule has 3 heteroatoms. The zero-order valence-electron chi connectivity index (χ0n) is 8.81. The maximum absolute atomic E-state index is 9.61. The van der Waals surface area contributed by atoms with Crippen LogP contribution in [0.4, 0.5) is 0 Å². The third-order valence-electron chi connectivity index (χ3n) is 2.10. The van der Waals surface area contributed by atoms with Gasteiger partial charge in [0, 0.05) is 18.7 Å². The molecule has 1 aromatic rings.